The molecule has 7 nitrogen and oxygen atoms in total. The Morgan fingerprint density at radius 3 is 2.72 bits per heavy atom. The zero-order valence-corrected chi connectivity index (χ0v) is 17.2. The van der Waals surface area contributed by atoms with E-state index in [1.165, 1.54) is 17.9 Å². The number of halogens is 2. The fraction of sp³-hybridized carbons (Fsp3) is 0.600. The van der Waals surface area contributed by atoms with Gasteiger partial charge in [-0.3, -0.25) is 14.6 Å². The van der Waals surface area contributed by atoms with Crippen molar-refractivity contribution in [3.8, 4) is 0 Å². The van der Waals surface area contributed by atoms with Gasteiger partial charge in [0.25, 0.3) is 0 Å². The molecule has 0 spiro atoms. The highest BCUT2D eigenvalue weighted by atomic mass is 19.1. The molecule has 1 N–H and O–H groups in total. The number of cyclic esters (lactones) is 1. The summed E-state index contributed by atoms with van der Waals surface area (Å²) in [4.78, 5) is 27.9. The minimum atomic E-state index is -1.39. The fourth-order valence-corrected chi connectivity index (χ4v) is 3.93. The summed E-state index contributed by atoms with van der Waals surface area (Å²) in [6.45, 7) is 4.10. The molecule has 0 aromatic heterocycles. The van der Waals surface area contributed by atoms with Gasteiger partial charge < -0.3 is 15.0 Å². The summed E-state index contributed by atoms with van der Waals surface area (Å²) < 4.78 is 35.0. The number of alkyl halides is 1. The molecule has 2 unspecified atom stereocenters. The summed E-state index contributed by atoms with van der Waals surface area (Å²) in [6.07, 6.45) is -0.494. The minimum Gasteiger partial charge on any atom is -0.442 e. The molecule has 0 bridgehead atoms. The first-order valence-electron chi connectivity index (χ1n) is 9.76. The van der Waals surface area contributed by atoms with Crippen LogP contribution in [-0.4, -0.2) is 68.6 Å². The number of piperidine rings is 1. The van der Waals surface area contributed by atoms with Crippen LogP contribution in [0.4, 0.5) is 25.0 Å². The smallest absolute Gasteiger partial charge is 0.414 e. The maximum absolute atomic E-state index is 14.9. The highest BCUT2D eigenvalue weighted by Gasteiger charge is 2.41. The van der Waals surface area contributed by atoms with Gasteiger partial charge in [0.05, 0.1) is 24.5 Å². The van der Waals surface area contributed by atoms with Gasteiger partial charge >= 0.3 is 6.09 Å². The summed E-state index contributed by atoms with van der Waals surface area (Å²) in [5.74, 6) is -2.07. The number of hydrogen-bond acceptors (Lipinski definition) is 5. The van der Waals surface area contributed by atoms with Crippen LogP contribution in [0.2, 0.25) is 0 Å². The third-order valence-corrected chi connectivity index (χ3v) is 5.68. The van der Waals surface area contributed by atoms with E-state index in [0.717, 1.165) is 0 Å². The Kier molecular flexibility index (Phi) is 5.97. The molecule has 2 saturated heterocycles. The molecule has 2 heterocycles. The van der Waals surface area contributed by atoms with Gasteiger partial charge in [0.2, 0.25) is 5.91 Å². The summed E-state index contributed by atoms with van der Waals surface area (Å²) in [6, 6.07) is 4.41. The van der Waals surface area contributed by atoms with Crippen LogP contribution in [-0.2, 0) is 9.53 Å². The molecule has 2 aliphatic heterocycles. The topological polar surface area (TPSA) is 65.1 Å². The maximum atomic E-state index is 14.9. The summed E-state index contributed by atoms with van der Waals surface area (Å²) >= 11 is 0. The average molecular weight is 410 g/mol. The van der Waals surface area contributed by atoms with Crippen molar-refractivity contribution in [2.45, 2.75) is 44.6 Å². The van der Waals surface area contributed by atoms with Gasteiger partial charge in [-0.1, -0.05) is 0 Å². The van der Waals surface area contributed by atoms with Crippen LogP contribution in [0.25, 0.3) is 0 Å². The molecular formula is C20H28F2N4O3. The number of rotatable bonds is 5. The molecule has 0 saturated carbocycles. The van der Waals surface area contributed by atoms with Gasteiger partial charge in [-0.2, -0.15) is 0 Å². The number of nitrogens with zero attached hydrogens (tertiary/aromatic N) is 3. The Bertz CT molecular complexity index is 791. The zero-order valence-electron chi connectivity index (χ0n) is 17.2. The van der Waals surface area contributed by atoms with Gasteiger partial charge in [-0.15, -0.1) is 0 Å². The Labute approximate surface area is 169 Å². The third-order valence-electron chi connectivity index (χ3n) is 5.68. The molecule has 160 valence electrons. The summed E-state index contributed by atoms with van der Waals surface area (Å²) in [7, 11) is 3.43. The van der Waals surface area contributed by atoms with Crippen LogP contribution in [0.15, 0.2) is 18.2 Å². The number of hydrogen-bond donors (Lipinski definition) is 1. The number of benzene rings is 1. The van der Waals surface area contributed by atoms with E-state index in [9.17, 15) is 18.4 Å². The lowest BCUT2D eigenvalue weighted by Crippen LogP contribution is -2.53. The lowest BCUT2D eigenvalue weighted by atomic mass is 9.94. The van der Waals surface area contributed by atoms with Crippen LogP contribution in [0.5, 0.6) is 0 Å². The van der Waals surface area contributed by atoms with Crippen molar-refractivity contribution in [2.24, 2.45) is 0 Å². The molecule has 3 rings (SSSR count). The van der Waals surface area contributed by atoms with Crippen molar-refractivity contribution in [2.75, 3.05) is 43.5 Å². The Hall–Kier alpha value is -2.42. The predicted molar refractivity (Wildman–Crippen MR) is 106 cm³/mol. The number of carbonyl (C=O) groups excluding carboxylic acids is 2. The number of anilines is 2. The van der Waals surface area contributed by atoms with Crippen LogP contribution in [0, 0.1) is 5.82 Å². The largest absolute Gasteiger partial charge is 0.442 e. The molecule has 2 amide bonds. The van der Waals surface area contributed by atoms with Crippen LogP contribution in [0.3, 0.4) is 0 Å². The number of carbonyl (C=O) groups is 2. The summed E-state index contributed by atoms with van der Waals surface area (Å²) in [5, 5.41) is 2.61. The molecule has 1 aromatic carbocycles. The molecule has 9 heteroatoms. The first kappa shape index (κ1) is 21.3. The molecule has 0 radical (unpaired) electrons. The first-order chi connectivity index (χ1) is 13.6. The van der Waals surface area contributed by atoms with E-state index in [2.05, 4.69) is 5.32 Å². The fourth-order valence-electron chi connectivity index (χ4n) is 3.93. The van der Waals surface area contributed by atoms with E-state index in [4.69, 9.17) is 4.74 Å². The second kappa shape index (κ2) is 8.14. The lowest BCUT2D eigenvalue weighted by molar-refractivity contribution is -0.119. The highest BCUT2D eigenvalue weighted by molar-refractivity contribution is 5.90. The van der Waals surface area contributed by atoms with Gasteiger partial charge in [-0.05, 0) is 39.2 Å². The molecule has 1 aromatic rings. The lowest BCUT2D eigenvalue weighted by Gasteiger charge is -2.45. The zero-order chi connectivity index (χ0) is 21.3. The van der Waals surface area contributed by atoms with Gasteiger partial charge in [-0.25, -0.2) is 13.6 Å². The van der Waals surface area contributed by atoms with Crippen molar-refractivity contribution in [1.82, 2.24) is 10.2 Å². The van der Waals surface area contributed by atoms with E-state index in [-0.39, 0.29) is 37.9 Å². The van der Waals surface area contributed by atoms with Crippen molar-refractivity contribution >= 4 is 23.4 Å². The van der Waals surface area contributed by atoms with E-state index < -0.39 is 23.8 Å². The van der Waals surface area contributed by atoms with Gasteiger partial charge in [0.1, 0.15) is 11.9 Å². The molecular weight excluding hydrogens is 382 g/mol. The van der Waals surface area contributed by atoms with Crippen LogP contribution >= 0.6 is 0 Å². The molecule has 2 fully saturated rings. The monoisotopic (exact) mass is 410 g/mol. The van der Waals surface area contributed by atoms with Crippen molar-refractivity contribution in [3.63, 3.8) is 0 Å². The molecule has 29 heavy (non-hydrogen) atoms. The predicted octanol–water partition coefficient (Wildman–Crippen LogP) is 2.50. The highest BCUT2D eigenvalue weighted by Crippen LogP contribution is 2.36. The standard InChI is InChI=1S/C20H28F2N4O3/c1-13-10-20(22,24(3)4)7-8-25(13)18-6-5-15(9-17(18)21)26-12-16(29-19(26)28)11-23-14(2)27/h5-6,9,13,16H,7-8,10-12H2,1-4H3,(H,23,27)/t13?,16?,20-/m1/s1. The van der Waals surface area contributed by atoms with Crippen LogP contribution < -0.4 is 15.1 Å². The van der Waals surface area contributed by atoms with Crippen LogP contribution in [0.1, 0.15) is 26.7 Å². The Morgan fingerprint density at radius 2 is 2.14 bits per heavy atom. The van der Waals surface area contributed by atoms with E-state index in [1.54, 1.807) is 31.1 Å². The van der Waals surface area contributed by atoms with Crippen molar-refractivity contribution in [1.29, 1.82) is 0 Å². The summed E-state index contributed by atoms with van der Waals surface area (Å²) in [5.41, 5.74) is 0.781. The number of nitrogens with one attached hydrogen (secondary N) is 1. The SMILES string of the molecule is CC(=O)NCC1CN(c2ccc(N3CC[C@@](F)(N(C)C)CC3C)c(F)c2)C(=O)O1. The second-order valence-corrected chi connectivity index (χ2v) is 8.00. The number of amides is 2. The van der Waals surface area contributed by atoms with E-state index in [0.29, 0.717) is 17.9 Å². The minimum absolute atomic E-state index is 0.171. The molecule has 0 aliphatic carbocycles. The van der Waals surface area contributed by atoms with Crippen molar-refractivity contribution in [3.05, 3.63) is 24.0 Å². The average Bonchev–Trinajstić information content (AvgIpc) is 3.01. The molecule has 2 aliphatic rings. The quantitative estimate of drug-likeness (QED) is 0.756. The number of ether oxygens (including phenoxy) is 1. The third kappa shape index (κ3) is 4.44. The normalized spacial score (nSPS) is 27.3. The van der Waals surface area contributed by atoms with E-state index >= 15 is 0 Å². The Morgan fingerprint density at radius 1 is 1.41 bits per heavy atom. The maximum Gasteiger partial charge on any atom is 0.414 e. The molecule has 3 atom stereocenters. The Balaban J connectivity index is 1.71. The second-order valence-electron chi connectivity index (χ2n) is 8.00. The first-order valence-corrected chi connectivity index (χ1v) is 9.76. The van der Waals surface area contributed by atoms with Gasteiger partial charge in [0, 0.05) is 32.4 Å². The van der Waals surface area contributed by atoms with Gasteiger partial charge in [0.15, 0.2) is 5.79 Å². The van der Waals surface area contributed by atoms with E-state index in [1.807, 2.05) is 11.8 Å². The van der Waals surface area contributed by atoms with Crippen molar-refractivity contribution < 1.29 is 23.1 Å².